The van der Waals surface area contributed by atoms with Crippen molar-refractivity contribution in [2.45, 2.75) is 38.5 Å². The molecule has 1 saturated heterocycles. The summed E-state index contributed by atoms with van der Waals surface area (Å²) in [6.45, 7) is 4.91. The Morgan fingerprint density at radius 1 is 1.18 bits per heavy atom. The Bertz CT molecular complexity index is 815. The second-order valence-electron chi connectivity index (χ2n) is 7.08. The molecule has 1 aliphatic rings. The van der Waals surface area contributed by atoms with Crippen LogP contribution >= 0.6 is 24.0 Å². The first-order valence-corrected chi connectivity index (χ1v) is 9.42. The molecular weight excluding hydrogens is 461 g/mol. The average molecular weight is 489 g/mol. The van der Waals surface area contributed by atoms with Crippen molar-refractivity contribution in [1.29, 1.82) is 5.26 Å². The molecule has 5 nitrogen and oxygen atoms in total. The minimum atomic E-state index is 0. The maximum Gasteiger partial charge on any atom is 0.191 e. The van der Waals surface area contributed by atoms with Crippen LogP contribution in [0.25, 0.3) is 0 Å². The molecule has 2 aromatic rings. The Hall–Kier alpha value is -2.11. The smallest absolute Gasteiger partial charge is 0.191 e. The number of aliphatic imine (C=N–C) groups is 1. The fourth-order valence-electron chi connectivity index (χ4n) is 3.57. The molecule has 2 N–H and O–H groups in total. The van der Waals surface area contributed by atoms with Gasteiger partial charge in [0.2, 0.25) is 0 Å². The predicted molar refractivity (Wildman–Crippen MR) is 125 cm³/mol. The normalized spacial score (nSPS) is 19.5. The van der Waals surface area contributed by atoms with Gasteiger partial charge in [-0.3, -0.25) is 9.89 Å². The number of hydrogen-bond donors (Lipinski definition) is 2. The van der Waals surface area contributed by atoms with E-state index in [2.05, 4.69) is 63.9 Å². The molecule has 28 heavy (non-hydrogen) atoms. The standard InChI is InChI=1S/C22H27N5.HI/c1-17-11-21(16-27(17)15-18-7-4-3-5-8-18)26-22(24-2)25-14-20-10-6-9-19(12-20)13-23;/h3-10,12,17,21H,11,14-16H2,1-2H3,(H2,24,25,26);1H. The van der Waals surface area contributed by atoms with E-state index in [0.717, 1.165) is 31.0 Å². The molecule has 0 spiro atoms. The molecule has 0 radical (unpaired) electrons. The summed E-state index contributed by atoms with van der Waals surface area (Å²) >= 11 is 0. The van der Waals surface area contributed by atoms with Crippen molar-refractivity contribution in [1.82, 2.24) is 15.5 Å². The first-order chi connectivity index (χ1) is 13.2. The largest absolute Gasteiger partial charge is 0.352 e. The van der Waals surface area contributed by atoms with Crippen molar-refractivity contribution < 1.29 is 0 Å². The van der Waals surface area contributed by atoms with Crippen LogP contribution in [0.2, 0.25) is 0 Å². The maximum atomic E-state index is 9.02. The van der Waals surface area contributed by atoms with Crippen LogP contribution < -0.4 is 10.6 Å². The molecule has 1 fully saturated rings. The van der Waals surface area contributed by atoms with E-state index in [0.29, 0.717) is 24.2 Å². The molecule has 0 aliphatic carbocycles. The van der Waals surface area contributed by atoms with Crippen LogP contribution in [0.3, 0.4) is 0 Å². The Labute approximate surface area is 184 Å². The van der Waals surface area contributed by atoms with E-state index in [-0.39, 0.29) is 24.0 Å². The molecule has 2 aromatic carbocycles. The molecule has 1 aliphatic heterocycles. The first kappa shape index (κ1) is 22.2. The van der Waals surface area contributed by atoms with Crippen LogP contribution in [0.4, 0.5) is 0 Å². The van der Waals surface area contributed by atoms with Crippen LogP contribution in [0.15, 0.2) is 59.6 Å². The van der Waals surface area contributed by atoms with Crippen molar-refractivity contribution in [3.63, 3.8) is 0 Å². The second-order valence-corrected chi connectivity index (χ2v) is 7.08. The number of benzene rings is 2. The van der Waals surface area contributed by atoms with Gasteiger partial charge in [0.1, 0.15) is 0 Å². The lowest BCUT2D eigenvalue weighted by Crippen LogP contribution is -2.44. The van der Waals surface area contributed by atoms with E-state index in [1.54, 1.807) is 7.05 Å². The highest BCUT2D eigenvalue weighted by Crippen LogP contribution is 2.20. The molecule has 0 amide bonds. The third kappa shape index (κ3) is 6.21. The number of rotatable bonds is 5. The van der Waals surface area contributed by atoms with Gasteiger partial charge in [-0.1, -0.05) is 42.5 Å². The number of hydrogen-bond acceptors (Lipinski definition) is 3. The fraction of sp³-hybridized carbons (Fsp3) is 0.364. The molecule has 148 valence electrons. The molecule has 6 heteroatoms. The van der Waals surface area contributed by atoms with Gasteiger partial charge in [-0.15, -0.1) is 24.0 Å². The van der Waals surface area contributed by atoms with Crippen molar-refractivity contribution in [2.24, 2.45) is 4.99 Å². The van der Waals surface area contributed by atoms with Crippen LogP contribution in [0.1, 0.15) is 30.0 Å². The second kappa shape index (κ2) is 11.0. The van der Waals surface area contributed by atoms with E-state index in [1.165, 1.54) is 5.56 Å². The molecule has 2 atom stereocenters. The molecule has 3 rings (SSSR count). The zero-order valence-electron chi connectivity index (χ0n) is 16.4. The van der Waals surface area contributed by atoms with Gasteiger partial charge in [0, 0.05) is 38.8 Å². The quantitative estimate of drug-likeness (QED) is 0.384. The summed E-state index contributed by atoms with van der Waals surface area (Å²) in [5.41, 5.74) is 3.10. The van der Waals surface area contributed by atoms with Crippen LogP contribution in [-0.4, -0.2) is 36.5 Å². The first-order valence-electron chi connectivity index (χ1n) is 9.42. The van der Waals surface area contributed by atoms with E-state index in [9.17, 15) is 0 Å². The predicted octanol–water partition coefficient (Wildman–Crippen LogP) is 3.50. The summed E-state index contributed by atoms with van der Waals surface area (Å²) in [5.74, 6) is 0.802. The van der Waals surface area contributed by atoms with Crippen molar-refractivity contribution >= 4 is 29.9 Å². The van der Waals surface area contributed by atoms with Gasteiger partial charge >= 0.3 is 0 Å². The van der Waals surface area contributed by atoms with E-state index in [1.807, 2.05) is 24.3 Å². The summed E-state index contributed by atoms with van der Waals surface area (Å²) in [6, 6.07) is 21.3. The van der Waals surface area contributed by atoms with E-state index < -0.39 is 0 Å². The summed E-state index contributed by atoms with van der Waals surface area (Å²) in [5, 5.41) is 15.9. The van der Waals surface area contributed by atoms with Crippen molar-refractivity contribution in [3.8, 4) is 6.07 Å². The molecule has 0 bridgehead atoms. The number of nitriles is 1. The summed E-state index contributed by atoms with van der Waals surface area (Å²) in [4.78, 5) is 6.86. The highest BCUT2D eigenvalue weighted by Gasteiger charge is 2.29. The van der Waals surface area contributed by atoms with Crippen molar-refractivity contribution in [2.75, 3.05) is 13.6 Å². The SMILES string of the molecule is CN=C(NCc1cccc(C#N)c1)NC1CC(C)N(Cc2ccccc2)C1.I. The minimum Gasteiger partial charge on any atom is -0.352 e. The fourth-order valence-corrected chi connectivity index (χ4v) is 3.57. The summed E-state index contributed by atoms with van der Waals surface area (Å²) < 4.78 is 0. The molecular formula is C22H28IN5. The van der Waals surface area contributed by atoms with Gasteiger partial charge in [0.05, 0.1) is 11.6 Å². The maximum absolute atomic E-state index is 9.02. The van der Waals surface area contributed by atoms with Gasteiger partial charge in [-0.25, -0.2) is 0 Å². The highest BCUT2D eigenvalue weighted by molar-refractivity contribution is 14.0. The lowest BCUT2D eigenvalue weighted by atomic mass is 10.1. The highest BCUT2D eigenvalue weighted by atomic mass is 127. The molecule has 0 aromatic heterocycles. The number of likely N-dealkylation sites (tertiary alicyclic amines) is 1. The Balaban J connectivity index is 0.00000280. The summed E-state index contributed by atoms with van der Waals surface area (Å²) in [6.07, 6.45) is 1.09. The van der Waals surface area contributed by atoms with Gasteiger partial charge in [-0.05, 0) is 36.6 Å². The van der Waals surface area contributed by atoms with Crippen LogP contribution in [-0.2, 0) is 13.1 Å². The van der Waals surface area contributed by atoms with Gasteiger partial charge in [-0.2, -0.15) is 5.26 Å². The zero-order valence-corrected chi connectivity index (χ0v) is 18.8. The summed E-state index contributed by atoms with van der Waals surface area (Å²) in [7, 11) is 1.79. The molecule has 1 heterocycles. The van der Waals surface area contributed by atoms with Crippen LogP contribution in [0, 0.1) is 11.3 Å². The monoisotopic (exact) mass is 489 g/mol. The van der Waals surface area contributed by atoms with E-state index >= 15 is 0 Å². The number of nitrogens with zero attached hydrogens (tertiary/aromatic N) is 3. The van der Waals surface area contributed by atoms with E-state index in [4.69, 9.17) is 5.26 Å². The average Bonchev–Trinajstić information content (AvgIpc) is 3.05. The Kier molecular flexibility index (Phi) is 8.74. The van der Waals surface area contributed by atoms with Crippen molar-refractivity contribution in [3.05, 3.63) is 71.3 Å². The Morgan fingerprint density at radius 3 is 2.64 bits per heavy atom. The third-order valence-corrected chi connectivity index (χ3v) is 5.01. The van der Waals surface area contributed by atoms with Gasteiger partial charge in [0.15, 0.2) is 5.96 Å². The number of halogens is 1. The molecule has 2 unspecified atom stereocenters. The number of guanidine groups is 1. The van der Waals surface area contributed by atoms with Crippen LogP contribution in [0.5, 0.6) is 0 Å². The third-order valence-electron chi connectivity index (χ3n) is 5.01. The van der Waals surface area contributed by atoms with Gasteiger partial charge in [0.25, 0.3) is 0 Å². The van der Waals surface area contributed by atoms with Gasteiger partial charge < -0.3 is 10.6 Å². The number of nitrogens with one attached hydrogen (secondary N) is 2. The minimum absolute atomic E-state index is 0. The molecule has 0 saturated carbocycles. The zero-order chi connectivity index (χ0) is 19.1. The lowest BCUT2D eigenvalue weighted by Gasteiger charge is -2.21. The lowest BCUT2D eigenvalue weighted by molar-refractivity contribution is 0.258. The topological polar surface area (TPSA) is 63.5 Å². The Morgan fingerprint density at radius 2 is 1.93 bits per heavy atom.